The molecule has 0 radical (unpaired) electrons. The van der Waals surface area contributed by atoms with E-state index in [9.17, 15) is 19.5 Å². The summed E-state index contributed by atoms with van der Waals surface area (Å²) >= 11 is 0. The van der Waals surface area contributed by atoms with Gasteiger partial charge in [0, 0.05) is 19.3 Å². The molecule has 0 aromatic rings. The molecule has 5 aliphatic carbocycles. The SMILES string of the molecule is C=C(CO)[C@@H]1CC[C@]2(C(=O)OCCC(C)C)CC[C@]3(C)C(CCC4[C@@]5(C)CC[C@H](OC(C)=O)[C@@](C)(COC(C)=O)C5CC[C@]43C)C12. The first-order valence-corrected chi connectivity index (χ1v) is 18.3. The molecule has 5 rings (SSSR count). The third-order valence-electron chi connectivity index (χ3n) is 15.1. The van der Waals surface area contributed by atoms with E-state index >= 15 is 0 Å². The van der Waals surface area contributed by atoms with Crippen LogP contribution >= 0.6 is 0 Å². The average molecular weight is 643 g/mol. The van der Waals surface area contributed by atoms with Gasteiger partial charge in [-0.3, -0.25) is 14.4 Å². The molecule has 0 amide bonds. The second-order valence-corrected chi connectivity index (χ2v) is 17.6. The van der Waals surface area contributed by atoms with Crippen LogP contribution in [0.5, 0.6) is 0 Å². The molecular formula is C39H62O7. The Kier molecular flexibility index (Phi) is 9.65. The lowest BCUT2D eigenvalue weighted by atomic mass is 9.32. The van der Waals surface area contributed by atoms with Crippen molar-refractivity contribution in [2.75, 3.05) is 19.8 Å². The maximum atomic E-state index is 14.1. The Morgan fingerprint density at radius 2 is 1.54 bits per heavy atom. The normalized spacial score (nSPS) is 44.7. The van der Waals surface area contributed by atoms with E-state index in [0.717, 1.165) is 76.2 Å². The van der Waals surface area contributed by atoms with E-state index in [4.69, 9.17) is 14.2 Å². The van der Waals surface area contributed by atoms with Crippen LogP contribution in [0.2, 0.25) is 0 Å². The largest absolute Gasteiger partial charge is 0.465 e. The minimum Gasteiger partial charge on any atom is -0.465 e. The summed E-state index contributed by atoms with van der Waals surface area (Å²) < 4.78 is 17.8. The van der Waals surface area contributed by atoms with Gasteiger partial charge >= 0.3 is 17.9 Å². The molecule has 1 N–H and O–H groups in total. The van der Waals surface area contributed by atoms with Gasteiger partial charge in [0.1, 0.15) is 12.7 Å². The second-order valence-electron chi connectivity index (χ2n) is 17.6. The standard InChI is InChI=1S/C39H62O7/c1-24(2)15-21-44-34(43)39-18-12-28(25(3)22-40)33(39)29-10-11-31-35(6)16-14-32(46-27(5)42)36(7,23-45-26(4)41)30(35)13-17-38(31,9)37(29,8)19-20-39/h24,28-33,40H,3,10-23H2,1-2,4-9H3/t28-,29?,30?,31?,32-,33?,35-,36-,37+,38+,39-/m0/s1. The molecule has 46 heavy (non-hydrogen) atoms. The quantitative estimate of drug-likeness (QED) is 0.156. The van der Waals surface area contributed by atoms with Gasteiger partial charge in [-0.15, -0.1) is 0 Å². The summed E-state index contributed by atoms with van der Waals surface area (Å²) in [6.45, 7) is 22.0. The predicted molar refractivity (Wildman–Crippen MR) is 177 cm³/mol. The van der Waals surface area contributed by atoms with Gasteiger partial charge in [0.2, 0.25) is 0 Å². The van der Waals surface area contributed by atoms with Crippen LogP contribution in [0.3, 0.4) is 0 Å². The molecule has 0 saturated heterocycles. The van der Waals surface area contributed by atoms with Crippen LogP contribution < -0.4 is 0 Å². The van der Waals surface area contributed by atoms with E-state index in [2.05, 4.69) is 48.1 Å². The van der Waals surface area contributed by atoms with Crippen molar-refractivity contribution in [3.63, 3.8) is 0 Å². The van der Waals surface area contributed by atoms with E-state index in [1.54, 1.807) is 0 Å². The fourth-order valence-electron chi connectivity index (χ4n) is 12.7. The molecule has 0 bridgehead atoms. The highest BCUT2D eigenvalue weighted by Gasteiger charge is 2.73. The lowest BCUT2D eigenvalue weighted by Gasteiger charge is -2.72. The van der Waals surface area contributed by atoms with Crippen molar-refractivity contribution in [3.05, 3.63) is 12.2 Å². The Balaban J connectivity index is 1.50. The van der Waals surface area contributed by atoms with Gasteiger partial charge in [0.05, 0.1) is 18.6 Å². The zero-order chi connectivity index (χ0) is 33.9. The minimum absolute atomic E-state index is 0.000608. The van der Waals surface area contributed by atoms with Crippen LogP contribution in [0.4, 0.5) is 0 Å². The van der Waals surface area contributed by atoms with Crippen LogP contribution in [-0.4, -0.2) is 48.9 Å². The number of hydrogen-bond donors (Lipinski definition) is 1. The summed E-state index contributed by atoms with van der Waals surface area (Å²) in [6, 6.07) is 0. The Labute approximate surface area is 278 Å². The molecule has 7 heteroatoms. The van der Waals surface area contributed by atoms with Crippen LogP contribution in [-0.2, 0) is 28.6 Å². The summed E-state index contributed by atoms with van der Waals surface area (Å²) in [5.74, 6) is 1.22. The summed E-state index contributed by atoms with van der Waals surface area (Å²) in [7, 11) is 0. The van der Waals surface area contributed by atoms with Gasteiger partial charge in [0.15, 0.2) is 0 Å². The van der Waals surface area contributed by atoms with E-state index < -0.39 is 10.8 Å². The lowest BCUT2D eigenvalue weighted by Crippen LogP contribution is -2.68. The number of ether oxygens (including phenoxy) is 3. The summed E-state index contributed by atoms with van der Waals surface area (Å²) in [4.78, 5) is 38.4. The first-order chi connectivity index (χ1) is 21.5. The number of aliphatic hydroxyl groups is 1. The van der Waals surface area contributed by atoms with Crippen molar-refractivity contribution in [3.8, 4) is 0 Å². The molecule has 0 aromatic carbocycles. The molecule has 5 aliphatic rings. The molecule has 0 aliphatic heterocycles. The first kappa shape index (κ1) is 35.4. The number of rotatable bonds is 9. The lowest BCUT2D eigenvalue weighted by molar-refractivity contribution is -0.257. The first-order valence-electron chi connectivity index (χ1n) is 18.3. The molecule has 11 atom stereocenters. The monoisotopic (exact) mass is 642 g/mol. The van der Waals surface area contributed by atoms with E-state index in [1.165, 1.54) is 13.8 Å². The van der Waals surface area contributed by atoms with Gasteiger partial charge in [-0.1, -0.05) is 48.1 Å². The Bertz CT molecular complexity index is 1210. The van der Waals surface area contributed by atoms with Crippen molar-refractivity contribution in [1.82, 2.24) is 0 Å². The molecule has 0 spiro atoms. The maximum absolute atomic E-state index is 14.1. The zero-order valence-corrected chi connectivity index (χ0v) is 30.0. The molecule has 5 fully saturated rings. The van der Waals surface area contributed by atoms with E-state index in [1.807, 2.05) is 0 Å². The highest BCUT2D eigenvalue weighted by molar-refractivity contribution is 5.78. The molecule has 0 heterocycles. The summed E-state index contributed by atoms with van der Waals surface area (Å²) in [6.07, 6.45) is 10.1. The molecule has 0 aromatic heterocycles. The highest BCUT2D eigenvalue weighted by Crippen LogP contribution is 2.77. The smallest absolute Gasteiger partial charge is 0.312 e. The molecule has 7 nitrogen and oxygen atoms in total. The Hall–Kier alpha value is -1.89. The fraction of sp³-hybridized carbons (Fsp3) is 0.872. The fourth-order valence-corrected chi connectivity index (χ4v) is 12.7. The molecule has 260 valence electrons. The number of carbonyl (C=O) groups excluding carboxylic acids is 3. The van der Waals surface area contributed by atoms with Crippen molar-refractivity contribution in [2.45, 2.75) is 132 Å². The minimum atomic E-state index is -0.501. The third-order valence-corrected chi connectivity index (χ3v) is 15.1. The Morgan fingerprint density at radius 1 is 0.826 bits per heavy atom. The summed E-state index contributed by atoms with van der Waals surface area (Å²) in [5, 5.41) is 10.3. The van der Waals surface area contributed by atoms with Gasteiger partial charge < -0.3 is 19.3 Å². The van der Waals surface area contributed by atoms with Crippen LogP contribution in [0, 0.1) is 62.6 Å². The van der Waals surface area contributed by atoms with E-state index in [-0.39, 0.29) is 71.2 Å². The molecule has 4 unspecified atom stereocenters. The van der Waals surface area contributed by atoms with Gasteiger partial charge in [-0.05, 0) is 128 Å². The number of esters is 3. The van der Waals surface area contributed by atoms with Gasteiger partial charge in [0.25, 0.3) is 0 Å². The third kappa shape index (κ3) is 5.37. The predicted octanol–water partition coefficient (Wildman–Crippen LogP) is 7.68. The zero-order valence-electron chi connectivity index (χ0n) is 30.0. The average Bonchev–Trinajstić information content (AvgIpc) is 3.38. The van der Waals surface area contributed by atoms with E-state index in [0.29, 0.717) is 24.4 Å². The van der Waals surface area contributed by atoms with Crippen molar-refractivity contribution < 1.29 is 33.7 Å². The number of hydrogen-bond acceptors (Lipinski definition) is 7. The molecule has 5 saturated carbocycles. The van der Waals surface area contributed by atoms with Crippen molar-refractivity contribution >= 4 is 17.9 Å². The topological polar surface area (TPSA) is 99.1 Å². The van der Waals surface area contributed by atoms with Crippen molar-refractivity contribution in [1.29, 1.82) is 0 Å². The van der Waals surface area contributed by atoms with Gasteiger partial charge in [-0.25, -0.2) is 0 Å². The highest BCUT2D eigenvalue weighted by atomic mass is 16.6. The van der Waals surface area contributed by atoms with Gasteiger partial charge in [-0.2, -0.15) is 0 Å². The number of carbonyl (C=O) groups is 3. The van der Waals surface area contributed by atoms with Crippen LogP contribution in [0.1, 0.15) is 126 Å². The summed E-state index contributed by atoms with van der Waals surface area (Å²) in [5.41, 5.74) is -0.00816. The maximum Gasteiger partial charge on any atom is 0.312 e. The number of fused-ring (bicyclic) bond motifs is 7. The Morgan fingerprint density at radius 3 is 2.17 bits per heavy atom. The van der Waals surface area contributed by atoms with Crippen molar-refractivity contribution in [2.24, 2.45) is 62.6 Å². The van der Waals surface area contributed by atoms with Crippen LogP contribution in [0.15, 0.2) is 12.2 Å². The van der Waals surface area contributed by atoms with Crippen LogP contribution in [0.25, 0.3) is 0 Å². The number of aliphatic hydroxyl groups excluding tert-OH is 1. The molecular weight excluding hydrogens is 580 g/mol. The second kappa shape index (κ2) is 12.5.